The number of hydrogen-bond acceptors (Lipinski definition) is 4. The van der Waals surface area contributed by atoms with E-state index in [4.69, 9.17) is 21.1 Å². The lowest BCUT2D eigenvalue weighted by atomic mass is 10.0. The lowest BCUT2D eigenvalue weighted by Crippen LogP contribution is -2.21. The van der Waals surface area contributed by atoms with Crippen molar-refractivity contribution in [1.82, 2.24) is 0 Å². The molecular formula is C12H14ClNO4. The minimum atomic E-state index is -0.461. The third-order valence-electron chi connectivity index (χ3n) is 2.94. The van der Waals surface area contributed by atoms with Crippen LogP contribution >= 0.6 is 11.6 Å². The van der Waals surface area contributed by atoms with Crippen LogP contribution in [-0.2, 0) is 4.74 Å². The van der Waals surface area contributed by atoms with E-state index < -0.39 is 4.92 Å². The molecule has 0 radical (unpaired) electrons. The van der Waals surface area contributed by atoms with Gasteiger partial charge in [0.05, 0.1) is 22.6 Å². The summed E-state index contributed by atoms with van der Waals surface area (Å²) in [4.78, 5) is 10.2. The number of rotatable bonds is 4. The van der Waals surface area contributed by atoms with Crippen LogP contribution in [0.3, 0.4) is 0 Å². The first-order valence-corrected chi connectivity index (χ1v) is 6.19. The van der Waals surface area contributed by atoms with E-state index in [9.17, 15) is 10.1 Å². The molecule has 0 spiro atoms. The molecule has 1 aliphatic rings. The molecule has 0 aliphatic carbocycles. The van der Waals surface area contributed by atoms with Crippen molar-refractivity contribution in [2.45, 2.75) is 12.8 Å². The first-order valence-electron chi connectivity index (χ1n) is 5.81. The van der Waals surface area contributed by atoms with Crippen LogP contribution < -0.4 is 4.74 Å². The topological polar surface area (TPSA) is 61.6 Å². The van der Waals surface area contributed by atoms with Crippen molar-refractivity contribution in [2.24, 2.45) is 5.92 Å². The molecule has 1 aromatic rings. The molecule has 1 fully saturated rings. The molecule has 5 nitrogen and oxygen atoms in total. The highest BCUT2D eigenvalue weighted by atomic mass is 35.5. The predicted molar refractivity (Wildman–Crippen MR) is 67.1 cm³/mol. The second kappa shape index (κ2) is 6.02. The third kappa shape index (κ3) is 3.34. The van der Waals surface area contributed by atoms with Gasteiger partial charge in [-0.2, -0.15) is 0 Å². The highest BCUT2D eigenvalue weighted by molar-refractivity contribution is 6.32. The van der Waals surface area contributed by atoms with Crippen LogP contribution in [0.25, 0.3) is 0 Å². The number of benzene rings is 1. The fourth-order valence-electron chi connectivity index (χ4n) is 1.84. The first kappa shape index (κ1) is 13.1. The Kier molecular flexibility index (Phi) is 4.38. The number of hydrogen-bond donors (Lipinski definition) is 0. The summed E-state index contributed by atoms with van der Waals surface area (Å²) in [7, 11) is 0. The standard InChI is InChI=1S/C12H14ClNO4/c13-11-2-1-10(14(15)16)7-12(11)18-8-9-3-5-17-6-4-9/h1-2,7,9H,3-6,8H2. The molecule has 0 saturated carbocycles. The summed E-state index contributed by atoms with van der Waals surface area (Å²) in [6.45, 7) is 2.01. The fourth-order valence-corrected chi connectivity index (χ4v) is 2.01. The molecule has 0 unspecified atom stereocenters. The molecule has 0 aromatic heterocycles. The van der Waals surface area contributed by atoms with Crippen molar-refractivity contribution in [3.63, 3.8) is 0 Å². The number of non-ortho nitro benzene ring substituents is 1. The Labute approximate surface area is 110 Å². The summed E-state index contributed by atoms with van der Waals surface area (Å²) in [6, 6.07) is 4.21. The molecule has 1 heterocycles. The average molecular weight is 272 g/mol. The molecule has 2 rings (SSSR count). The van der Waals surface area contributed by atoms with Gasteiger partial charge in [-0.05, 0) is 24.8 Å². The highest BCUT2D eigenvalue weighted by Crippen LogP contribution is 2.29. The smallest absolute Gasteiger partial charge is 0.273 e. The van der Waals surface area contributed by atoms with Gasteiger partial charge in [0.2, 0.25) is 0 Å². The van der Waals surface area contributed by atoms with E-state index in [1.807, 2.05) is 0 Å². The normalized spacial score (nSPS) is 16.5. The van der Waals surface area contributed by atoms with Gasteiger partial charge in [-0.15, -0.1) is 0 Å². The Morgan fingerprint density at radius 3 is 2.83 bits per heavy atom. The van der Waals surface area contributed by atoms with Crippen molar-refractivity contribution >= 4 is 17.3 Å². The second-order valence-corrected chi connectivity index (χ2v) is 4.65. The molecule has 0 bridgehead atoms. The van der Waals surface area contributed by atoms with Crippen LogP contribution in [0.4, 0.5) is 5.69 Å². The SMILES string of the molecule is O=[N+]([O-])c1ccc(Cl)c(OCC2CCOCC2)c1. The maximum absolute atomic E-state index is 10.7. The molecule has 18 heavy (non-hydrogen) atoms. The number of ether oxygens (including phenoxy) is 2. The van der Waals surface area contributed by atoms with E-state index in [0.29, 0.717) is 23.3 Å². The average Bonchev–Trinajstić information content (AvgIpc) is 2.38. The van der Waals surface area contributed by atoms with E-state index >= 15 is 0 Å². The zero-order valence-electron chi connectivity index (χ0n) is 9.80. The molecule has 1 aromatic carbocycles. The van der Waals surface area contributed by atoms with Gasteiger partial charge in [-0.1, -0.05) is 11.6 Å². The van der Waals surface area contributed by atoms with Gasteiger partial charge in [0.15, 0.2) is 0 Å². The van der Waals surface area contributed by atoms with Crippen LogP contribution in [-0.4, -0.2) is 24.7 Å². The Hall–Kier alpha value is -1.33. The Morgan fingerprint density at radius 2 is 2.17 bits per heavy atom. The van der Waals surface area contributed by atoms with Crippen molar-refractivity contribution in [3.05, 3.63) is 33.3 Å². The molecular weight excluding hydrogens is 258 g/mol. The van der Waals surface area contributed by atoms with E-state index in [1.54, 1.807) is 0 Å². The van der Waals surface area contributed by atoms with E-state index in [2.05, 4.69) is 0 Å². The van der Waals surface area contributed by atoms with Crippen molar-refractivity contribution in [2.75, 3.05) is 19.8 Å². The maximum Gasteiger partial charge on any atom is 0.273 e. The van der Waals surface area contributed by atoms with Crippen molar-refractivity contribution in [3.8, 4) is 5.75 Å². The first-order chi connectivity index (χ1) is 8.66. The van der Waals surface area contributed by atoms with E-state index in [-0.39, 0.29) is 5.69 Å². The zero-order valence-corrected chi connectivity index (χ0v) is 10.6. The number of halogens is 1. The minimum Gasteiger partial charge on any atom is -0.491 e. The van der Waals surface area contributed by atoms with E-state index in [0.717, 1.165) is 26.1 Å². The molecule has 0 amide bonds. The highest BCUT2D eigenvalue weighted by Gasteiger charge is 2.16. The minimum absolute atomic E-state index is 0.0126. The zero-order chi connectivity index (χ0) is 13.0. The quantitative estimate of drug-likeness (QED) is 0.624. The lowest BCUT2D eigenvalue weighted by molar-refractivity contribution is -0.384. The maximum atomic E-state index is 10.7. The van der Waals surface area contributed by atoms with Crippen molar-refractivity contribution < 1.29 is 14.4 Å². The Morgan fingerprint density at radius 1 is 1.44 bits per heavy atom. The summed E-state index contributed by atoms with van der Waals surface area (Å²) >= 11 is 5.95. The van der Waals surface area contributed by atoms with Gasteiger partial charge < -0.3 is 9.47 Å². The van der Waals surface area contributed by atoms with Crippen LogP contribution in [0.1, 0.15) is 12.8 Å². The van der Waals surface area contributed by atoms with Crippen LogP contribution in [0.15, 0.2) is 18.2 Å². The molecule has 6 heteroatoms. The monoisotopic (exact) mass is 271 g/mol. The lowest BCUT2D eigenvalue weighted by Gasteiger charge is -2.22. The van der Waals surface area contributed by atoms with Gasteiger partial charge in [0.25, 0.3) is 5.69 Å². The molecule has 1 saturated heterocycles. The fraction of sp³-hybridized carbons (Fsp3) is 0.500. The van der Waals surface area contributed by atoms with Gasteiger partial charge in [0.1, 0.15) is 5.75 Å². The van der Waals surface area contributed by atoms with Crippen LogP contribution in [0.5, 0.6) is 5.75 Å². The third-order valence-corrected chi connectivity index (χ3v) is 3.25. The van der Waals surface area contributed by atoms with Crippen LogP contribution in [0, 0.1) is 16.0 Å². The predicted octanol–water partition coefficient (Wildman–Crippen LogP) is 3.05. The summed E-state index contributed by atoms with van der Waals surface area (Å²) in [6.07, 6.45) is 1.90. The van der Waals surface area contributed by atoms with Gasteiger partial charge in [-0.3, -0.25) is 10.1 Å². The molecule has 0 N–H and O–H groups in total. The van der Waals surface area contributed by atoms with Crippen molar-refractivity contribution in [1.29, 1.82) is 0 Å². The summed E-state index contributed by atoms with van der Waals surface area (Å²) in [5, 5.41) is 11.1. The van der Waals surface area contributed by atoms with Gasteiger partial charge >= 0.3 is 0 Å². The molecule has 1 aliphatic heterocycles. The number of nitrogens with zero attached hydrogens (tertiary/aromatic N) is 1. The second-order valence-electron chi connectivity index (χ2n) is 4.24. The largest absolute Gasteiger partial charge is 0.491 e. The summed E-state index contributed by atoms with van der Waals surface area (Å²) in [5.74, 6) is 0.798. The molecule has 0 atom stereocenters. The summed E-state index contributed by atoms with van der Waals surface area (Å²) in [5.41, 5.74) is -0.0126. The Bertz CT molecular complexity index is 432. The summed E-state index contributed by atoms with van der Waals surface area (Å²) < 4.78 is 10.8. The van der Waals surface area contributed by atoms with Gasteiger partial charge in [-0.25, -0.2) is 0 Å². The van der Waals surface area contributed by atoms with E-state index in [1.165, 1.54) is 18.2 Å². The van der Waals surface area contributed by atoms with Gasteiger partial charge in [0, 0.05) is 19.3 Å². The number of nitro benzene ring substituents is 1. The van der Waals surface area contributed by atoms with Crippen LogP contribution in [0.2, 0.25) is 5.02 Å². The number of nitro groups is 1. The Balaban J connectivity index is 1.99. The molecule has 98 valence electrons.